The van der Waals surface area contributed by atoms with Gasteiger partial charge in [0.2, 0.25) is 0 Å². The van der Waals surface area contributed by atoms with E-state index < -0.39 is 0 Å². The number of hydrogen-bond acceptors (Lipinski definition) is 2. The smallest absolute Gasteiger partial charge is 0.167 e. The molecular weight excluding hydrogens is 458 g/mol. The lowest BCUT2D eigenvalue weighted by molar-refractivity contribution is 0.391. The maximum Gasteiger partial charge on any atom is 0.167 e. The third-order valence-electron chi connectivity index (χ3n) is 6.04. The minimum Gasteiger partial charge on any atom is -0.358 e. The Morgan fingerprint density at radius 1 is 0.556 bits per heavy atom. The summed E-state index contributed by atoms with van der Waals surface area (Å²) in [4.78, 5) is 0. The van der Waals surface area contributed by atoms with Crippen molar-refractivity contribution < 1.29 is 0 Å². The summed E-state index contributed by atoms with van der Waals surface area (Å²) in [5.41, 5.74) is 4.64. The molecule has 0 aromatic heterocycles. The topological polar surface area (TPSA) is 36.1 Å². The molecule has 4 rings (SSSR count). The first kappa shape index (κ1) is 25.6. The van der Waals surface area contributed by atoms with Crippen molar-refractivity contribution in [2.75, 3.05) is 0 Å². The van der Waals surface area contributed by atoms with Crippen molar-refractivity contribution in [1.29, 1.82) is 0 Å². The van der Waals surface area contributed by atoms with Gasteiger partial charge in [-0.3, -0.25) is 5.32 Å². The molecule has 3 N–H and O–H groups in total. The molecule has 0 saturated heterocycles. The Morgan fingerprint density at radius 3 is 1.31 bits per heavy atom. The predicted octanol–water partition coefficient (Wildman–Crippen LogP) is 7.11. The van der Waals surface area contributed by atoms with Gasteiger partial charge in [-0.1, -0.05) is 121 Å². The van der Waals surface area contributed by atoms with Crippen LogP contribution in [0.4, 0.5) is 0 Å². The molecule has 184 valence electrons. The van der Waals surface area contributed by atoms with Crippen LogP contribution in [0.5, 0.6) is 0 Å². The highest BCUT2D eigenvalue weighted by atomic mass is 32.1. The molecule has 3 nitrogen and oxygen atoms in total. The molecule has 0 aliphatic heterocycles. The minimum atomic E-state index is -0.141. The van der Waals surface area contributed by atoms with E-state index in [9.17, 15) is 0 Å². The van der Waals surface area contributed by atoms with Gasteiger partial charge in [0.1, 0.15) is 0 Å². The van der Waals surface area contributed by atoms with Gasteiger partial charge in [-0.25, -0.2) is 0 Å². The van der Waals surface area contributed by atoms with Crippen molar-refractivity contribution in [3.05, 3.63) is 144 Å². The molecule has 36 heavy (non-hydrogen) atoms. The summed E-state index contributed by atoms with van der Waals surface area (Å²) in [6.45, 7) is 6.35. The molecule has 0 unspecified atom stereocenters. The summed E-state index contributed by atoms with van der Waals surface area (Å²) in [5, 5.41) is 11.7. The average molecular weight is 494 g/mol. The summed E-state index contributed by atoms with van der Waals surface area (Å²) in [6.07, 6.45) is 0. The van der Waals surface area contributed by atoms with Gasteiger partial charge < -0.3 is 10.6 Å². The van der Waals surface area contributed by atoms with Crippen LogP contribution in [-0.2, 0) is 0 Å². The van der Waals surface area contributed by atoms with Gasteiger partial charge in [0.15, 0.2) is 5.11 Å². The van der Waals surface area contributed by atoms with E-state index >= 15 is 0 Å². The highest BCUT2D eigenvalue weighted by Gasteiger charge is 2.29. The van der Waals surface area contributed by atoms with Crippen LogP contribution in [0.1, 0.15) is 61.2 Å². The van der Waals surface area contributed by atoms with Crippen LogP contribution in [0.3, 0.4) is 0 Å². The Bertz CT molecular complexity index is 1170. The molecule has 0 saturated carbocycles. The van der Waals surface area contributed by atoms with Gasteiger partial charge in [0.25, 0.3) is 0 Å². The second-order valence-corrected chi connectivity index (χ2v) is 10.5. The van der Waals surface area contributed by atoms with Crippen molar-refractivity contribution in [3.8, 4) is 0 Å². The fourth-order valence-electron chi connectivity index (χ4n) is 4.44. The number of hydrogen-bond donors (Lipinski definition) is 3. The van der Waals surface area contributed by atoms with Gasteiger partial charge in [-0.2, -0.15) is 0 Å². The van der Waals surface area contributed by atoms with E-state index in [0.717, 1.165) is 5.56 Å². The molecular formula is C32H35N3S. The summed E-state index contributed by atoms with van der Waals surface area (Å²) >= 11 is 5.80. The Hall–Kier alpha value is -3.47. The third kappa shape index (κ3) is 7.03. The third-order valence-corrected chi connectivity index (χ3v) is 6.26. The van der Waals surface area contributed by atoms with Crippen LogP contribution >= 0.6 is 12.2 Å². The summed E-state index contributed by atoms with van der Waals surface area (Å²) < 4.78 is 0. The molecule has 0 spiro atoms. The summed E-state index contributed by atoms with van der Waals surface area (Å²) in [7, 11) is 0. The lowest BCUT2D eigenvalue weighted by Gasteiger charge is -2.35. The highest BCUT2D eigenvalue weighted by molar-refractivity contribution is 7.80. The maximum atomic E-state index is 5.80. The zero-order valence-electron chi connectivity index (χ0n) is 21.2. The molecule has 4 aromatic carbocycles. The maximum absolute atomic E-state index is 5.80. The van der Waals surface area contributed by atoms with Crippen molar-refractivity contribution in [2.45, 2.75) is 44.4 Å². The highest BCUT2D eigenvalue weighted by Crippen LogP contribution is 2.34. The largest absolute Gasteiger partial charge is 0.358 e. The zero-order valence-corrected chi connectivity index (χ0v) is 22.0. The average Bonchev–Trinajstić information content (AvgIpc) is 2.89. The normalized spacial score (nSPS) is 13.1. The first-order valence-corrected chi connectivity index (χ1v) is 12.9. The molecule has 0 heterocycles. The van der Waals surface area contributed by atoms with E-state index in [1.165, 1.54) is 16.7 Å². The quantitative estimate of drug-likeness (QED) is 0.229. The van der Waals surface area contributed by atoms with E-state index in [-0.39, 0.29) is 23.7 Å². The van der Waals surface area contributed by atoms with Gasteiger partial charge in [-0.15, -0.1) is 0 Å². The Morgan fingerprint density at radius 2 is 0.917 bits per heavy atom. The lowest BCUT2D eigenvalue weighted by Crippen LogP contribution is -2.49. The van der Waals surface area contributed by atoms with Gasteiger partial charge in [-0.05, 0) is 55.2 Å². The molecule has 0 aliphatic carbocycles. The van der Waals surface area contributed by atoms with Crippen LogP contribution in [0.2, 0.25) is 0 Å². The Labute approximate surface area is 221 Å². The van der Waals surface area contributed by atoms with E-state index in [1.54, 1.807) is 0 Å². The van der Waals surface area contributed by atoms with Crippen LogP contribution in [-0.4, -0.2) is 10.7 Å². The first-order chi connectivity index (χ1) is 17.4. The second-order valence-electron chi connectivity index (χ2n) is 10.0. The molecule has 0 radical (unpaired) electrons. The van der Waals surface area contributed by atoms with Crippen LogP contribution in [0.15, 0.2) is 121 Å². The molecule has 2 atom stereocenters. The van der Waals surface area contributed by atoms with Gasteiger partial charge >= 0.3 is 0 Å². The van der Waals surface area contributed by atoms with Crippen LogP contribution in [0.25, 0.3) is 0 Å². The fourth-order valence-corrected chi connectivity index (χ4v) is 4.87. The molecule has 4 aromatic rings. The minimum absolute atomic E-state index is 0.00485. The van der Waals surface area contributed by atoms with Gasteiger partial charge in [0, 0.05) is 5.54 Å². The first-order valence-electron chi connectivity index (χ1n) is 12.5. The van der Waals surface area contributed by atoms with E-state index in [2.05, 4.69) is 152 Å². The van der Waals surface area contributed by atoms with Crippen molar-refractivity contribution in [1.82, 2.24) is 16.0 Å². The Balaban J connectivity index is 1.79. The molecule has 4 heteroatoms. The van der Waals surface area contributed by atoms with Crippen molar-refractivity contribution in [2.24, 2.45) is 0 Å². The fraction of sp³-hybridized carbons (Fsp3) is 0.219. The number of benzene rings is 4. The molecule has 0 aliphatic rings. The standard InChI is InChI=1S/C32H35N3S/c1-32(2,3)35-31(36)34-30(27-22-14-7-15-23-27)29(26-20-12-6-13-21-26)33-28(24-16-8-4-9-17-24)25-18-10-5-11-19-25/h4-23,28-30,33H,1-3H3,(H2,34,35,36)/t29-,30-/m1/s1. The lowest BCUT2D eigenvalue weighted by atomic mass is 9.90. The molecule has 0 bridgehead atoms. The van der Waals surface area contributed by atoms with Crippen molar-refractivity contribution in [3.63, 3.8) is 0 Å². The number of nitrogens with one attached hydrogen (secondary N) is 3. The number of rotatable bonds is 8. The second kappa shape index (κ2) is 12.0. The monoisotopic (exact) mass is 493 g/mol. The van der Waals surface area contributed by atoms with Crippen LogP contribution in [0, 0.1) is 0 Å². The zero-order chi connectivity index (χ0) is 25.4. The van der Waals surface area contributed by atoms with Crippen molar-refractivity contribution >= 4 is 17.3 Å². The SMILES string of the molecule is CC(C)(C)NC(=S)N[C@H](c1ccccc1)[C@H](NC(c1ccccc1)c1ccccc1)c1ccccc1. The van der Waals surface area contributed by atoms with E-state index in [4.69, 9.17) is 12.2 Å². The Kier molecular flexibility index (Phi) is 8.52. The summed E-state index contributed by atoms with van der Waals surface area (Å²) in [5.74, 6) is 0. The van der Waals surface area contributed by atoms with E-state index in [0.29, 0.717) is 5.11 Å². The van der Waals surface area contributed by atoms with Crippen LogP contribution < -0.4 is 16.0 Å². The van der Waals surface area contributed by atoms with Gasteiger partial charge in [0.05, 0.1) is 18.1 Å². The summed E-state index contributed by atoms with van der Waals surface area (Å²) in [6, 6.07) is 42.2. The van der Waals surface area contributed by atoms with E-state index in [1.807, 2.05) is 6.07 Å². The number of thiocarbonyl (C=S) groups is 1. The molecule has 0 amide bonds. The predicted molar refractivity (Wildman–Crippen MR) is 155 cm³/mol. The molecule has 0 fully saturated rings.